The predicted octanol–water partition coefficient (Wildman–Crippen LogP) is 3.43. The van der Waals surface area contributed by atoms with E-state index in [2.05, 4.69) is 14.9 Å². The van der Waals surface area contributed by atoms with Gasteiger partial charge in [-0.2, -0.15) is 8.42 Å². The first-order chi connectivity index (χ1) is 13.8. The molecule has 2 aromatic heterocycles. The summed E-state index contributed by atoms with van der Waals surface area (Å²) in [5.41, 5.74) is 1.07. The Labute approximate surface area is 176 Å². The van der Waals surface area contributed by atoms with Gasteiger partial charge >= 0.3 is 16.2 Å². The molecule has 2 aromatic rings. The fourth-order valence-corrected chi connectivity index (χ4v) is 5.93. The van der Waals surface area contributed by atoms with Crippen molar-refractivity contribution in [2.75, 3.05) is 29.8 Å². The van der Waals surface area contributed by atoms with Gasteiger partial charge in [-0.25, -0.2) is 13.8 Å². The standard InChI is InChI=1S/C19H28N4O4S2/c1-4-16-11-17(18(5-2)28-16)20-19(24)21-29(25,26)23(15-8-10-27-13-15)14-7-6-9-22(3)12-14/h8,10-11,13-14H,4-7,9,12H2,1-3H3,(H2,20,21,24). The molecular formula is C19H28N4O4S2. The van der Waals surface area contributed by atoms with Crippen LogP contribution in [0.1, 0.15) is 36.4 Å². The summed E-state index contributed by atoms with van der Waals surface area (Å²) < 4.78 is 34.8. The van der Waals surface area contributed by atoms with Crippen LogP contribution in [0.3, 0.4) is 0 Å². The minimum atomic E-state index is -4.12. The maximum Gasteiger partial charge on any atom is 0.334 e. The van der Waals surface area contributed by atoms with Gasteiger partial charge in [0.05, 0.1) is 23.7 Å². The van der Waals surface area contributed by atoms with E-state index in [0.29, 0.717) is 24.3 Å². The molecule has 2 amide bonds. The Hall–Kier alpha value is -2.04. The molecule has 1 unspecified atom stereocenters. The number of nitrogens with zero attached hydrogens (tertiary/aromatic N) is 2. The smallest absolute Gasteiger partial charge is 0.334 e. The number of likely N-dealkylation sites (tertiary alicyclic amines) is 1. The van der Waals surface area contributed by atoms with Gasteiger partial charge in [-0.1, -0.05) is 13.8 Å². The Morgan fingerprint density at radius 2 is 2.17 bits per heavy atom. The maximum atomic E-state index is 13.1. The number of piperidine rings is 1. The molecule has 0 saturated carbocycles. The van der Waals surface area contributed by atoms with Gasteiger partial charge in [-0.15, -0.1) is 11.3 Å². The van der Waals surface area contributed by atoms with Gasteiger partial charge < -0.3 is 14.6 Å². The Bertz CT molecular complexity index is 924. The van der Waals surface area contributed by atoms with Crippen molar-refractivity contribution in [1.82, 2.24) is 9.62 Å². The highest BCUT2D eigenvalue weighted by molar-refractivity contribution is 7.91. The number of nitrogens with one attached hydrogen (secondary N) is 2. The molecule has 0 aromatic carbocycles. The van der Waals surface area contributed by atoms with E-state index in [1.54, 1.807) is 17.4 Å². The Morgan fingerprint density at radius 3 is 2.79 bits per heavy atom. The third kappa shape index (κ3) is 5.12. The summed E-state index contributed by atoms with van der Waals surface area (Å²) in [6.07, 6.45) is 6.03. The van der Waals surface area contributed by atoms with Crippen molar-refractivity contribution >= 4 is 39.0 Å². The van der Waals surface area contributed by atoms with Crippen LogP contribution in [0.2, 0.25) is 0 Å². The number of hydrogen-bond acceptors (Lipinski definition) is 6. The number of hydrogen-bond donors (Lipinski definition) is 2. The maximum absolute atomic E-state index is 13.1. The molecule has 3 rings (SSSR count). The lowest BCUT2D eigenvalue weighted by Crippen LogP contribution is -2.54. The average Bonchev–Trinajstić information content (AvgIpc) is 3.30. The molecule has 0 aliphatic carbocycles. The molecule has 1 fully saturated rings. The van der Waals surface area contributed by atoms with E-state index in [4.69, 9.17) is 4.42 Å². The molecule has 0 radical (unpaired) electrons. The molecule has 2 N–H and O–H groups in total. The lowest BCUT2D eigenvalue weighted by atomic mass is 10.1. The van der Waals surface area contributed by atoms with Crippen molar-refractivity contribution in [3.05, 3.63) is 34.4 Å². The van der Waals surface area contributed by atoms with Crippen LogP contribution in [0, 0.1) is 0 Å². The SMILES string of the molecule is CCc1cc(NC(=O)NS(=O)(=O)N(c2ccoc2)C2CCCN(C)C2)c(CC)s1. The van der Waals surface area contributed by atoms with E-state index >= 15 is 0 Å². The first-order valence-electron chi connectivity index (χ1n) is 9.79. The Kier molecular flexibility index (Phi) is 6.86. The molecule has 0 bridgehead atoms. The molecule has 0 spiro atoms. The van der Waals surface area contributed by atoms with Gasteiger partial charge in [-0.3, -0.25) is 0 Å². The van der Waals surface area contributed by atoms with Crippen molar-refractivity contribution in [1.29, 1.82) is 0 Å². The van der Waals surface area contributed by atoms with Crippen LogP contribution in [0.5, 0.6) is 0 Å². The number of aryl methyl sites for hydroxylation is 2. The summed E-state index contributed by atoms with van der Waals surface area (Å²) in [5.74, 6) is 0. The van der Waals surface area contributed by atoms with Crippen LogP contribution in [0.15, 0.2) is 29.1 Å². The second kappa shape index (κ2) is 9.19. The minimum Gasteiger partial charge on any atom is -0.470 e. The second-order valence-electron chi connectivity index (χ2n) is 7.15. The largest absolute Gasteiger partial charge is 0.470 e. The highest BCUT2D eigenvalue weighted by Crippen LogP contribution is 2.29. The van der Waals surface area contributed by atoms with Crippen LogP contribution in [-0.2, 0) is 23.1 Å². The molecule has 10 heteroatoms. The zero-order valence-corrected chi connectivity index (χ0v) is 18.6. The van der Waals surface area contributed by atoms with Crippen LogP contribution in [0.4, 0.5) is 16.2 Å². The zero-order valence-electron chi connectivity index (χ0n) is 17.0. The normalized spacial score (nSPS) is 17.8. The van der Waals surface area contributed by atoms with Crippen molar-refractivity contribution in [2.45, 2.75) is 45.6 Å². The highest BCUT2D eigenvalue weighted by atomic mass is 32.2. The number of anilines is 2. The lowest BCUT2D eigenvalue weighted by Gasteiger charge is -2.37. The first kappa shape index (κ1) is 21.7. The average molecular weight is 441 g/mol. The lowest BCUT2D eigenvalue weighted by molar-refractivity contribution is 0.251. The molecule has 1 aliphatic heterocycles. The Morgan fingerprint density at radius 1 is 1.38 bits per heavy atom. The molecule has 8 nitrogen and oxygen atoms in total. The zero-order chi connectivity index (χ0) is 21.0. The number of carbonyl (C=O) groups excluding carboxylic acids is 1. The van der Waals surface area contributed by atoms with Gasteiger partial charge in [0.15, 0.2) is 0 Å². The van der Waals surface area contributed by atoms with E-state index in [1.165, 1.54) is 16.8 Å². The van der Waals surface area contributed by atoms with Crippen LogP contribution in [-0.4, -0.2) is 45.5 Å². The third-order valence-corrected chi connectivity index (χ3v) is 7.84. The van der Waals surface area contributed by atoms with Gasteiger partial charge in [-0.05, 0) is 45.3 Å². The molecule has 29 heavy (non-hydrogen) atoms. The molecule has 160 valence electrons. The predicted molar refractivity (Wildman–Crippen MR) is 116 cm³/mol. The van der Waals surface area contributed by atoms with Crippen molar-refractivity contribution in [3.63, 3.8) is 0 Å². The molecular weight excluding hydrogens is 412 g/mol. The molecule has 3 heterocycles. The van der Waals surface area contributed by atoms with Gasteiger partial charge in [0.25, 0.3) is 0 Å². The fourth-order valence-electron chi connectivity index (χ4n) is 3.60. The van der Waals surface area contributed by atoms with E-state index in [9.17, 15) is 13.2 Å². The van der Waals surface area contributed by atoms with Crippen LogP contribution >= 0.6 is 11.3 Å². The minimum absolute atomic E-state index is 0.282. The molecule has 1 atom stereocenters. The number of likely N-dealkylation sites (N-methyl/N-ethyl adjacent to an activating group) is 1. The molecule has 1 saturated heterocycles. The van der Waals surface area contributed by atoms with Gasteiger partial charge in [0.2, 0.25) is 0 Å². The van der Waals surface area contributed by atoms with Crippen molar-refractivity contribution < 1.29 is 17.6 Å². The van der Waals surface area contributed by atoms with Gasteiger partial charge in [0.1, 0.15) is 6.26 Å². The summed E-state index contributed by atoms with van der Waals surface area (Å²) in [5, 5.41) is 2.70. The number of thiophene rings is 1. The number of carbonyl (C=O) groups is 1. The van der Waals surface area contributed by atoms with Crippen molar-refractivity contribution in [2.24, 2.45) is 0 Å². The quantitative estimate of drug-likeness (QED) is 0.688. The number of furan rings is 1. The summed E-state index contributed by atoms with van der Waals surface area (Å²) in [6.45, 7) is 5.55. The molecule has 1 aliphatic rings. The monoisotopic (exact) mass is 440 g/mol. The third-order valence-electron chi connectivity index (χ3n) is 4.95. The second-order valence-corrected chi connectivity index (χ2v) is 9.92. The first-order valence-corrected chi connectivity index (χ1v) is 12.0. The summed E-state index contributed by atoms with van der Waals surface area (Å²) in [7, 11) is -2.16. The number of rotatable bonds is 7. The van der Waals surface area contributed by atoms with Crippen molar-refractivity contribution in [3.8, 4) is 0 Å². The summed E-state index contributed by atoms with van der Waals surface area (Å²) >= 11 is 1.63. The van der Waals surface area contributed by atoms with Gasteiger partial charge in [0, 0.05) is 22.4 Å². The van der Waals surface area contributed by atoms with Crippen LogP contribution in [0.25, 0.3) is 0 Å². The number of urea groups is 1. The fraction of sp³-hybridized carbons (Fsp3) is 0.526. The van der Waals surface area contributed by atoms with E-state index in [0.717, 1.165) is 35.6 Å². The van der Waals surface area contributed by atoms with E-state index in [-0.39, 0.29) is 6.04 Å². The van der Waals surface area contributed by atoms with Crippen LogP contribution < -0.4 is 14.3 Å². The summed E-state index contributed by atoms with van der Waals surface area (Å²) in [4.78, 5) is 16.8. The number of amides is 2. The highest BCUT2D eigenvalue weighted by Gasteiger charge is 2.34. The van der Waals surface area contributed by atoms with E-state index in [1.807, 2.05) is 27.0 Å². The topological polar surface area (TPSA) is 94.9 Å². The summed E-state index contributed by atoms with van der Waals surface area (Å²) in [6, 6.07) is 2.45. The van der Waals surface area contributed by atoms with E-state index < -0.39 is 16.2 Å². The Balaban J connectivity index is 1.79.